The van der Waals surface area contributed by atoms with Crippen LogP contribution in [0.1, 0.15) is 0 Å². The van der Waals surface area contributed by atoms with Crippen molar-refractivity contribution in [2.45, 2.75) is 6.10 Å². The first kappa shape index (κ1) is 8.78. The van der Waals surface area contributed by atoms with Crippen LogP contribution in [-0.4, -0.2) is 31.3 Å². The summed E-state index contributed by atoms with van der Waals surface area (Å²) in [6, 6.07) is 3.78. The van der Waals surface area contributed by atoms with Gasteiger partial charge in [0, 0.05) is 26.4 Å². The van der Waals surface area contributed by atoms with Crippen molar-refractivity contribution in [1.82, 2.24) is 4.98 Å². The largest absolute Gasteiger partial charge is 0.378 e. The second-order valence-corrected chi connectivity index (χ2v) is 3.53. The number of nitrogens with zero attached hydrogens (tertiary/aromatic N) is 2. The third kappa shape index (κ3) is 1.76. The highest BCUT2D eigenvalue weighted by molar-refractivity contribution is 6.30. The van der Waals surface area contributed by atoms with Crippen molar-refractivity contribution in [3.05, 3.63) is 23.4 Å². The number of anilines is 1. The maximum absolute atomic E-state index is 5.73. The predicted octanol–water partition coefficient (Wildman–Crippen LogP) is 1.57. The summed E-state index contributed by atoms with van der Waals surface area (Å²) in [6.07, 6.45) is 2.02. The van der Waals surface area contributed by atoms with E-state index in [9.17, 15) is 0 Å². The van der Waals surface area contributed by atoms with E-state index < -0.39 is 0 Å². The Morgan fingerprint density at radius 1 is 1.54 bits per heavy atom. The van der Waals surface area contributed by atoms with Crippen LogP contribution in [0.3, 0.4) is 0 Å². The molecule has 4 heteroatoms. The van der Waals surface area contributed by atoms with Gasteiger partial charge in [-0.1, -0.05) is 11.6 Å². The molecule has 0 amide bonds. The Morgan fingerprint density at radius 2 is 2.31 bits per heavy atom. The number of aromatic nitrogens is 1. The summed E-state index contributed by atoms with van der Waals surface area (Å²) in [7, 11) is 1.73. The molecular weight excluding hydrogens is 188 g/mol. The second-order valence-electron chi connectivity index (χ2n) is 3.10. The van der Waals surface area contributed by atoms with Crippen molar-refractivity contribution in [1.29, 1.82) is 0 Å². The average Bonchev–Trinajstić information content (AvgIpc) is 2.06. The molecule has 0 N–H and O–H groups in total. The number of methoxy groups -OCH3 is 1. The molecule has 0 radical (unpaired) electrons. The third-order valence-electron chi connectivity index (χ3n) is 2.22. The first-order valence-corrected chi connectivity index (χ1v) is 4.56. The highest BCUT2D eigenvalue weighted by atomic mass is 35.5. The summed E-state index contributed by atoms with van der Waals surface area (Å²) in [6.45, 7) is 1.84. The van der Waals surface area contributed by atoms with Crippen molar-refractivity contribution in [2.24, 2.45) is 0 Å². The molecule has 0 saturated carbocycles. The minimum atomic E-state index is 0.359. The summed E-state index contributed by atoms with van der Waals surface area (Å²) in [4.78, 5) is 6.36. The Labute approximate surface area is 82.3 Å². The van der Waals surface area contributed by atoms with Crippen LogP contribution in [0.25, 0.3) is 0 Å². The lowest BCUT2D eigenvalue weighted by Crippen LogP contribution is -2.52. The molecule has 13 heavy (non-hydrogen) atoms. The molecule has 0 unspecified atom stereocenters. The summed E-state index contributed by atoms with van der Waals surface area (Å²) < 4.78 is 5.17. The average molecular weight is 199 g/mol. The molecule has 0 atom stereocenters. The van der Waals surface area contributed by atoms with E-state index in [1.54, 1.807) is 13.3 Å². The lowest BCUT2D eigenvalue weighted by atomic mass is 10.1. The first-order valence-electron chi connectivity index (χ1n) is 4.19. The molecule has 1 saturated heterocycles. The number of hydrogen-bond acceptors (Lipinski definition) is 3. The van der Waals surface area contributed by atoms with Gasteiger partial charge in [-0.15, -0.1) is 0 Å². The zero-order valence-electron chi connectivity index (χ0n) is 7.40. The Morgan fingerprint density at radius 3 is 2.85 bits per heavy atom. The molecule has 0 aliphatic carbocycles. The maximum Gasteiger partial charge on any atom is 0.128 e. The van der Waals surface area contributed by atoms with E-state index in [1.165, 1.54) is 0 Å². The van der Waals surface area contributed by atoms with E-state index in [4.69, 9.17) is 16.3 Å². The van der Waals surface area contributed by atoms with E-state index in [1.807, 2.05) is 12.1 Å². The molecule has 2 heterocycles. The van der Waals surface area contributed by atoms with Gasteiger partial charge >= 0.3 is 0 Å². The summed E-state index contributed by atoms with van der Waals surface area (Å²) >= 11 is 5.73. The third-order valence-corrected chi connectivity index (χ3v) is 2.44. The fourth-order valence-electron chi connectivity index (χ4n) is 1.33. The van der Waals surface area contributed by atoms with E-state index in [2.05, 4.69) is 9.88 Å². The summed E-state index contributed by atoms with van der Waals surface area (Å²) in [5, 5.41) is 0.674. The van der Waals surface area contributed by atoms with Gasteiger partial charge in [0.25, 0.3) is 0 Å². The van der Waals surface area contributed by atoms with Crippen LogP contribution >= 0.6 is 11.6 Å². The van der Waals surface area contributed by atoms with Gasteiger partial charge in [0.1, 0.15) is 5.82 Å². The molecule has 1 fully saturated rings. The van der Waals surface area contributed by atoms with Crippen molar-refractivity contribution in [3.63, 3.8) is 0 Å². The van der Waals surface area contributed by atoms with Gasteiger partial charge in [-0.3, -0.25) is 0 Å². The van der Waals surface area contributed by atoms with Crippen molar-refractivity contribution >= 4 is 17.4 Å². The first-order chi connectivity index (χ1) is 6.29. The van der Waals surface area contributed by atoms with E-state index in [-0.39, 0.29) is 0 Å². The van der Waals surface area contributed by atoms with Crippen LogP contribution in [0, 0.1) is 0 Å². The van der Waals surface area contributed by atoms with Crippen LogP contribution in [0.4, 0.5) is 5.82 Å². The van der Waals surface area contributed by atoms with Gasteiger partial charge in [0.15, 0.2) is 0 Å². The van der Waals surface area contributed by atoms with E-state index in [0.29, 0.717) is 11.1 Å². The number of hydrogen-bond donors (Lipinski definition) is 0. The van der Waals surface area contributed by atoms with Crippen LogP contribution in [0.2, 0.25) is 5.02 Å². The van der Waals surface area contributed by atoms with Crippen LogP contribution < -0.4 is 4.90 Å². The van der Waals surface area contributed by atoms with E-state index in [0.717, 1.165) is 18.9 Å². The molecular formula is C9H11ClN2O. The second kappa shape index (κ2) is 3.52. The van der Waals surface area contributed by atoms with Gasteiger partial charge in [0.2, 0.25) is 0 Å². The zero-order chi connectivity index (χ0) is 9.26. The number of pyridine rings is 1. The van der Waals surface area contributed by atoms with E-state index >= 15 is 0 Å². The van der Waals surface area contributed by atoms with Gasteiger partial charge in [-0.25, -0.2) is 4.98 Å². The van der Waals surface area contributed by atoms with Crippen LogP contribution in [-0.2, 0) is 4.74 Å². The monoisotopic (exact) mass is 198 g/mol. The Bertz CT molecular complexity index is 282. The SMILES string of the molecule is COC1CN(c2ccc(Cl)cn2)C1. The standard InChI is InChI=1S/C9H11ClN2O/c1-13-8-5-12(6-8)9-3-2-7(10)4-11-9/h2-4,8H,5-6H2,1H3. The topological polar surface area (TPSA) is 25.4 Å². The quantitative estimate of drug-likeness (QED) is 0.722. The molecule has 1 aliphatic rings. The molecule has 1 aliphatic heterocycles. The number of ether oxygens (including phenoxy) is 1. The molecule has 1 aromatic rings. The van der Waals surface area contributed by atoms with Crippen molar-refractivity contribution < 1.29 is 4.74 Å². The van der Waals surface area contributed by atoms with Gasteiger partial charge in [0.05, 0.1) is 11.1 Å². The Balaban J connectivity index is 1.99. The summed E-state index contributed by atoms with van der Waals surface area (Å²) in [5.74, 6) is 0.970. The molecule has 2 rings (SSSR count). The minimum Gasteiger partial charge on any atom is -0.378 e. The molecule has 0 bridgehead atoms. The predicted molar refractivity (Wildman–Crippen MR) is 52.3 cm³/mol. The smallest absolute Gasteiger partial charge is 0.128 e. The molecule has 0 spiro atoms. The summed E-state index contributed by atoms with van der Waals surface area (Å²) in [5.41, 5.74) is 0. The highest BCUT2D eigenvalue weighted by Crippen LogP contribution is 2.20. The van der Waals surface area contributed by atoms with Crippen molar-refractivity contribution in [3.8, 4) is 0 Å². The van der Waals surface area contributed by atoms with Crippen molar-refractivity contribution in [2.75, 3.05) is 25.1 Å². The highest BCUT2D eigenvalue weighted by Gasteiger charge is 2.26. The molecule has 3 nitrogen and oxygen atoms in total. The Kier molecular flexibility index (Phi) is 2.38. The van der Waals surface area contributed by atoms with Gasteiger partial charge in [-0.05, 0) is 12.1 Å². The lowest BCUT2D eigenvalue weighted by Gasteiger charge is -2.38. The zero-order valence-corrected chi connectivity index (χ0v) is 8.16. The van der Waals surface area contributed by atoms with Gasteiger partial charge in [-0.2, -0.15) is 0 Å². The number of halogens is 1. The maximum atomic E-state index is 5.73. The fraction of sp³-hybridized carbons (Fsp3) is 0.444. The molecule has 0 aromatic carbocycles. The lowest BCUT2D eigenvalue weighted by molar-refractivity contribution is 0.0783. The molecule has 1 aromatic heterocycles. The van der Waals surface area contributed by atoms with Gasteiger partial charge < -0.3 is 9.64 Å². The number of rotatable bonds is 2. The fourth-order valence-corrected chi connectivity index (χ4v) is 1.44. The molecule has 70 valence electrons. The Hall–Kier alpha value is -0.800. The van der Waals surface area contributed by atoms with Crippen LogP contribution in [0.15, 0.2) is 18.3 Å². The normalized spacial score (nSPS) is 17.2. The minimum absolute atomic E-state index is 0.359. The van der Waals surface area contributed by atoms with Crippen LogP contribution in [0.5, 0.6) is 0 Å².